The highest BCUT2D eigenvalue weighted by Crippen LogP contribution is 2.43. The largest absolute Gasteiger partial charge is 0.483 e. The number of aromatic nitrogens is 2. The van der Waals surface area contributed by atoms with Crippen LogP contribution in [0.5, 0.6) is 5.75 Å². The quantitative estimate of drug-likeness (QED) is 0.639. The van der Waals surface area contributed by atoms with Crippen LogP contribution in [0.3, 0.4) is 0 Å². The average Bonchev–Trinajstić information content (AvgIpc) is 3.04. The first-order chi connectivity index (χ1) is 13.7. The molecular weight excluding hydrogens is 383 g/mol. The molecule has 5 nitrogen and oxygen atoms in total. The van der Waals surface area contributed by atoms with Crippen molar-refractivity contribution in [3.05, 3.63) is 58.9 Å². The number of aryl methyl sites for hydroxylation is 1. The Morgan fingerprint density at radius 1 is 1.24 bits per heavy atom. The van der Waals surface area contributed by atoms with E-state index in [-0.39, 0.29) is 28.8 Å². The minimum Gasteiger partial charge on any atom is -0.483 e. The number of alkyl halides is 3. The van der Waals surface area contributed by atoms with Crippen molar-refractivity contribution in [2.45, 2.75) is 25.1 Å². The van der Waals surface area contributed by atoms with Gasteiger partial charge in [0.25, 0.3) is 5.91 Å². The third kappa shape index (κ3) is 3.22. The van der Waals surface area contributed by atoms with Crippen LogP contribution in [0.15, 0.2) is 36.4 Å². The molecule has 1 amide bonds. The van der Waals surface area contributed by atoms with Crippen LogP contribution in [0.4, 0.5) is 13.2 Å². The molecule has 1 aliphatic rings. The average molecular weight is 403 g/mol. The molecule has 152 valence electrons. The Morgan fingerprint density at radius 2 is 1.93 bits per heavy atom. The van der Waals surface area contributed by atoms with Crippen LogP contribution >= 0.6 is 0 Å². The van der Waals surface area contributed by atoms with E-state index in [0.717, 1.165) is 10.1 Å². The van der Waals surface area contributed by atoms with Crippen LogP contribution in [0.2, 0.25) is 0 Å². The van der Waals surface area contributed by atoms with Crippen molar-refractivity contribution in [1.29, 1.82) is 0 Å². The zero-order valence-electron chi connectivity index (χ0n) is 16.2. The summed E-state index contributed by atoms with van der Waals surface area (Å²) >= 11 is 0. The minimum atomic E-state index is -4.61. The number of nitrogens with zero attached hydrogens (tertiary/aromatic N) is 3. The molecule has 0 radical (unpaired) electrons. The fraction of sp³-hybridized carbons (Fsp3) is 0.333. The number of carbonyl (C=O) groups is 1. The smallest absolute Gasteiger partial charge is 0.449 e. The van der Waals surface area contributed by atoms with Gasteiger partial charge in [-0.05, 0) is 24.5 Å². The van der Waals surface area contributed by atoms with Gasteiger partial charge in [-0.1, -0.05) is 30.3 Å². The summed E-state index contributed by atoms with van der Waals surface area (Å²) in [6.45, 7) is 0. The molecule has 2 aromatic carbocycles. The van der Waals surface area contributed by atoms with Crippen LogP contribution in [0.1, 0.15) is 39.8 Å². The van der Waals surface area contributed by atoms with Gasteiger partial charge in [0, 0.05) is 32.3 Å². The lowest BCUT2D eigenvalue weighted by atomic mass is 9.93. The second-order valence-corrected chi connectivity index (χ2v) is 7.35. The fourth-order valence-electron chi connectivity index (χ4n) is 3.77. The maximum atomic E-state index is 13.4. The van der Waals surface area contributed by atoms with Crippen molar-refractivity contribution in [3.8, 4) is 5.75 Å². The molecule has 0 N–H and O–H groups in total. The Balaban J connectivity index is 1.94. The van der Waals surface area contributed by atoms with Gasteiger partial charge in [0.05, 0.1) is 5.52 Å². The van der Waals surface area contributed by atoms with Gasteiger partial charge in [-0.25, -0.2) is 4.98 Å². The van der Waals surface area contributed by atoms with E-state index in [1.807, 2.05) is 30.3 Å². The second-order valence-electron chi connectivity index (χ2n) is 7.35. The standard InChI is InChI=1S/C21H20F3N3O2/c1-26(2)19(28)14-11-15-17(25-20(27(15)3)21(22,23)24)18-13(14)9-10-16(29-18)12-7-5-4-6-8-12/h4-8,11,16H,9-10H2,1-3H3. The maximum Gasteiger partial charge on any atom is 0.449 e. The molecule has 0 spiro atoms. The van der Waals surface area contributed by atoms with Gasteiger partial charge >= 0.3 is 6.18 Å². The van der Waals surface area contributed by atoms with Crippen molar-refractivity contribution in [2.75, 3.05) is 14.1 Å². The zero-order chi connectivity index (χ0) is 20.9. The van der Waals surface area contributed by atoms with Gasteiger partial charge in [-0.3, -0.25) is 4.79 Å². The highest BCUT2D eigenvalue weighted by molar-refractivity contribution is 6.01. The number of amides is 1. The number of ether oxygens (including phenoxy) is 1. The van der Waals surface area contributed by atoms with Crippen molar-refractivity contribution >= 4 is 16.9 Å². The molecule has 2 heterocycles. The van der Waals surface area contributed by atoms with Gasteiger partial charge in [-0.15, -0.1) is 0 Å². The van der Waals surface area contributed by atoms with E-state index < -0.39 is 12.0 Å². The molecule has 29 heavy (non-hydrogen) atoms. The molecule has 1 aliphatic heterocycles. The summed E-state index contributed by atoms with van der Waals surface area (Å²) in [6.07, 6.45) is -3.79. The number of halogens is 3. The number of imidazole rings is 1. The number of benzene rings is 2. The van der Waals surface area contributed by atoms with Crippen molar-refractivity contribution < 1.29 is 22.7 Å². The van der Waals surface area contributed by atoms with Crippen LogP contribution in [0.25, 0.3) is 11.0 Å². The van der Waals surface area contributed by atoms with E-state index in [9.17, 15) is 18.0 Å². The number of carbonyl (C=O) groups excluding carboxylic acids is 1. The number of hydrogen-bond acceptors (Lipinski definition) is 3. The Kier molecular flexibility index (Phi) is 4.52. The van der Waals surface area contributed by atoms with E-state index in [1.54, 1.807) is 14.1 Å². The minimum absolute atomic E-state index is 0.130. The van der Waals surface area contributed by atoms with Crippen molar-refractivity contribution in [2.24, 2.45) is 7.05 Å². The SMILES string of the molecule is CN(C)C(=O)c1cc2c(nc(C(F)(F)F)n2C)c2c1CCC(c1ccccc1)O2. The predicted molar refractivity (Wildman–Crippen MR) is 102 cm³/mol. The molecule has 3 aromatic rings. The molecule has 1 aromatic heterocycles. The Labute approximate surface area is 165 Å². The molecule has 0 saturated heterocycles. The van der Waals surface area contributed by atoms with E-state index in [2.05, 4.69) is 4.98 Å². The number of fused-ring (bicyclic) bond motifs is 3. The third-order valence-corrected chi connectivity index (χ3v) is 5.21. The van der Waals surface area contributed by atoms with E-state index in [1.165, 1.54) is 18.0 Å². The van der Waals surface area contributed by atoms with Crippen LogP contribution in [-0.4, -0.2) is 34.5 Å². The second kappa shape index (κ2) is 6.79. The topological polar surface area (TPSA) is 47.4 Å². The van der Waals surface area contributed by atoms with Gasteiger partial charge < -0.3 is 14.2 Å². The molecule has 8 heteroatoms. The van der Waals surface area contributed by atoms with Gasteiger partial charge in [-0.2, -0.15) is 13.2 Å². The van der Waals surface area contributed by atoms with Crippen molar-refractivity contribution in [3.63, 3.8) is 0 Å². The van der Waals surface area contributed by atoms with Crippen LogP contribution < -0.4 is 4.74 Å². The van der Waals surface area contributed by atoms with E-state index in [4.69, 9.17) is 4.74 Å². The highest BCUT2D eigenvalue weighted by Gasteiger charge is 2.39. The first-order valence-corrected chi connectivity index (χ1v) is 9.21. The van der Waals surface area contributed by atoms with Crippen molar-refractivity contribution in [1.82, 2.24) is 14.5 Å². The maximum absolute atomic E-state index is 13.4. The van der Waals surface area contributed by atoms with E-state index >= 15 is 0 Å². The summed E-state index contributed by atoms with van der Waals surface area (Å²) < 4.78 is 47.5. The fourth-order valence-corrected chi connectivity index (χ4v) is 3.77. The molecule has 0 bridgehead atoms. The summed E-state index contributed by atoms with van der Waals surface area (Å²) in [5.74, 6) is -1.03. The third-order valence-electron chi connectivity index (χ3n) is 5.21. The lowest BCUT2D eigenvalue weighted by Gasteiger charge is -2.28. The van der Waals surface area contributed by atoms with E-state index in [0.29, 0.717) is 24.0 Å². The molecular formula is C21H20F3N3O2. The number of hydrogen-bond donors (Lipinski definition) is 0. The lowest BCUT2D eigenvalue weighted by Crippen LogP contribution is -2.25. The normalized spacial score (nSPS) is 16.4. The molecule has 0 saturated carbocycles. The summed E-state index contributed by atoms with van der Waals surface area (Å²) in [6, 6.07) is 11.0. The molecule has 1 unspecified atom stereocenters. The van der Waals surface area contributed by atoms with Crippen LogP contribution in [0, 0.1) is 0 Å². The predicted octanol–water partition coefficient (Wildman–Crippen LogP) is 4.36. The zero-order valence-corrected chi connectivity index (χ0v) is 16.2. The molecule has 0 fully saturated rings. The first-order valence-electron chi connectivity index (χ1n) is 9.21. The monoisotopic (exact) mass is 403 g/mol. The summed E-state index contributed by atoms with van der Waals surface area (Å²) in [7, 11) is 4.52. The van der Waals surface area contributed by atoms with Gasteiger partial charge in [0.2, 0.25) is 5.82 Å². The first kappa shape index (κ1) is 19.3. The summed E-state index contributed by atoms with van der Waals surface area (Å²) in [5, 5.41) is 0. The Bertz CT molecular complexity index is 1090. The van der Waals surface area contributed by atoms with Crippen LogP contribution in [-0.2, 0) is 19.6 Å². The Hall–Kier alpha value is -3.03. The lowest BCUT2D eigenvalue weighted by molar-refractivity contribution is -0.146. The summed E-state index contributed by atoms with van der Waals surface area (Å²) in [4.78, 5) is 18.0. The summed E-state index contributed by atoms with van der Waals surface area (Å²) in [5.41, 5.74) is 2.24. The highest BCUT2D eigenvalue weighted by atomic mass is 19.4. The molecule has 4 rings (SSSR count). The van der Waals surface area contributed by atoms with Gasteiger partial charge in [0.1, 0.15) is 11.6 Å². The number of rotatable bonds is 2. The molecule has 1 atom stereocenters. The molecule has 0 aliphatic carbocycles. The Morgan fingerprint density at radius 3 is 2.55 bits per heavy atom. The van der Waals surface area contributed by atoms with Gasteiger partial charge in [0.15, 0.2) is 5.75 Å².